The van der Waals surface area contributed by atoms with Gasteiger partial charge in [0, 0.05) is 13.1 Å². The van der Waals surface area contributed by atoms with Crippen LogP contribution in [-0.4, -0.2) is 21.8 Å². The van der Waals surface area contributed by atoms with Gasteiger partial charge in [-0.05, 0) is 0 Å². The van der Waals surface area contributed by atoms with Gasteiger partial charge in [-0.25, -0.2) is 0 Å². The van der Waals surface area contributed by atoms with Crippen LogP contribution in [0.5, 0.6) is 0 Å². The zero-order valence-corrected chi connectivity index (χ0v) is 7.06. The number of nitrogens with zero attached hydrogens (tertiary/aromatic N) is 2. The molecular weight excluding hydrogens is 174 g/mol. The molecule has 0 amide bonds. The first-order chi connectivity index (χ1) is 6.06. The Morgan fingerprint density at radius 3 is 2.77 bits per heavy atom. The lowest BCUT2D eigenvalue weighted by molar-refractivity contribution is -0.384. The molecule has 1 heterocycles. The Morgan fingerprint density at radius 2 is 2.38 bits per heavy atom. The zero-order valence-electron chi connectivity index (χ0n) is 7.06. The van der Waals surface area contributed by atoms with Crippen LogP contribution in [0, 0.1) is 10.1 Å². The van der Waals surface area contributed by atoms with E-state index in [4.69, 9.17) is 5.73 Å². The van der Waals surface area contributed by atoms with E-state index in [0.717, 1.165) is 0 Å². The van der Waals surface area contributed by atoms with Crippen molar-refractivity contribution in [1.82, 2.24) is 4.57 Å². The number of carbonyl (C=O) groups is 1. The number of hydrogen-bond acceptors (Lipinski definition) is 4. The average Bonchev–Trinajstić information content (AvgIpc) is 2.46. The lowest BCUT2D eigenvalue weighted by atomic mass is 10.3. The van der Waals surface area contributed by atoms with Crippen molar-refractivity contribution in [3.05, 3.63) is 28.1 Å². The standard InChI is InChI=1S/C7H9N3O3/c1-9-4-5(10(12)13)2-6(9)7(11)3-8/h2,4H,3,8H2,1H3. The number of nitro groups is 1. The highest BCUT2D eigenvalue weighted by atomic mass is 16.6. The van der Waals surface area contributed by atoms with Crippen molar-refractivity contribution in [2.24, 2.45) is 12.8 Å². The Hall–Kier alpha value is -1.69. The summed E-state index contributed by atoms with van der Waals surface area (Å²) in [7, 11) is 1.57. The number of ketones is 1. The van der Waals surface area contributed by atoms with Crippen molar-refractivity contribution >= 4 is 11.5 Å². The largest absolute Gasteiger partial charge is 0.342 e. The predicted octanol–water partition coefficient (Wildman–Crippen LogP) is 0.0747. The second-order valence-electron chi connectivity index (χ2n) is 2.58. The molecule has 0 saturated heterocycles. The van der Waals surface area contributed by atoms with Crippen LogP contribution in [0.25, 0.3) is 0 Å². The Bertz CT molecular complexity index is 356. The van der Waals surface area contributed by atoms with Crippen LogP contribution >= 0.6 is 0 Å². The summed E-state index contributed by atoms with van der Waals surface area (Å²) in [5.41, 5.74) is 5.29. The summed E-state index contributed by atoms with van der Waals surface area (Å²) in [6, 6.07) is 1.22. The minimum absolute atomic E-state index is 0.0979. The van der Waals surface area contributed by atoms with Gasteiger partial charge in [-0.15, -0.1) is 0 Å². The summed E-state index contributed by atoms with van der Waals surface area (Å²) in [6.07, 6.45) is 1.28. The van der Waals surface area contributed by atoms with Crippen molar-refractivity contribution < 1.29 is 9.72 Å². The molecule has 0 unspecified atom stereocenters. The zero-order chi connectivity index (χ0) is 10.0. The van der Waals surface area contributed by atoms with Gasteiger partial charge in [-0.1, -0.05) is 0 Å². The molecule has 1 aromatic heterocycles. The molecule has 0 aliphatic heterocycles. The SMILES string of the molecule is Cn1cc([N+](=O)[O-])cc1C(=O)CN. The van der Waals surface area contributed by atoms with Crippen LogP contribution in [0.1, 0.15) is 10.5 Å². The van der Waals surface area contributed by atoms with Gasteiger partial charge >= 0.3 is 0 Å². The lowest BCUT2D eigenvalue weighted by Crippen LogP contribution is -2.16. The predicted molar refractivity (Wildman–Crippen MR) is 45.5 cm³/mol. The van der Waals surface area contributed by atoms with E-state index in [2.05, 4.69) is 0 Å². The van der Waals surface area contributed by atoms with E-state index in [-0.39, 0.29) is 23.7 Å². The normalized spacial score (nSPS) is 10.0. The number of carbonyl (C=O) groups excluding carboxylic acids is 1. The fourth-order valence-corrected chi connectivity index (χ4v) is 1.03. The number of hydrogen-bond donors (Lipinski definition) is 1. The van der Waals surface area contributed by atoms with E-state index in [9.17, 15) is 14.9 Å². The minimum Gasteiger partial charge on any atom is -0.342 e. The lowest BCUT2D eigenvalue weighted by Gasteiger charge is -1.96. The number of aryl methyl sites for hydroxylation is 1. The maximum atomic E-state index is 11.1. The van der Waals surface area contributed by atoms with Gasteiger partial charge in [0.05, 0.1) is 23.4 Å². The summed E-state index contributed by atoms with van der Waals surface area (Å²) < 4.78 is 1.40. The summed E-state index contributed by atoms with van der Waals surface area (Å²) in [6.45, 7) is -0.144. The Kier molecular flexibility index (Phi) is 2.43. The summed E-state index contributed by atoms with van der Waals surface area (Å²) >= 11 is 0. The third-order valence-electron chi connectivity index (χ3n) is 1.67. The van der Waals surface area contributed by atoms with E-state index in [0.29, 0.717) is 0 Å². The van der Waals surface area contributed by atoms with Crippen molar-refractivity contribution in [1.29, 1.82) is 0 Å². The third kappa shape index (κ3) is 1.73. The molecule has 0 saturated carbocycles. The van der Waals surface area contributed by atoms with Gasteiger partial charge in [-0.3, -0.25) is 14.9 Å². The van der Waals surface area contributed by atoms with E-state index in [1.165, 1.54) is 16.8 Å². The first-order valence-electron chi connectivity index (χ1n) is 3.60. The van der Waals surface area contributed by atoms with Crippen molar-refractivity contribution in [2.75, 3.05) is 6.54 Å². The number of rotatable bonds is 3. The first-order valence-corrected chi connectivity index (χ1v) is 3.60. The Labute approximate surface area is 74.1 Å². The van der Waals surface area contributed by atoms with Crippen LogP contribution in [0.15, 0.2) is 12.3 Å². The fraction of sp³-hybridized carbons (Fsp3) is 0.286. The molecule has 0 radical (unpaired) electrons. The van der Waals surface area contributed by atoms with Crippen LogP contribution < -0.4 is 5.73 Å². The molecule has 6 nitrogen and oxygen atoms in total. The van der Waals surface area contributed by atoms with Gasteiger partial charge in [0.1, 0.15) is 0 Å². The molecule has 1 aromatic rings. The molecule has 70 valence electrons. The number of nitrogens with two attached hydrogens (primary N) is 1. The average molecular weight is 183 g/mol. The Morgan fingerprint density at radius 1 is 1.77 bits per heavy atom. The van der Waals surface area contributed by atoms with E-state index >= 15 is 0 Å². The van der Waals surface area contributed by atoms with Gasteiger partial charge in [0.25, 0.3) is 5.69 Å². The molecule has 1 rings (SSSR count). The van der Waals surface area contributed by atoms with Gasteiger partial charge in [0.2, 0.25) is 0 Å². The molecule has 0 aliphatic rings. The van der Waals surface area contributed by atoms with Crippen molar-refractivity contribution in [3.63, 3.8) is 0 Å². The molecule has 0 spiro atoms. The maximum Gasteiger partial charge on any atom is 0.287 e. The van der Waals surface area contributed by atoms with E-state index < -0.39 is 4.92 Å². The van der Waals surface area contributed by atoms with Crippen LogP contribution in [0.4, 0.5) is 5.69 Å². The molecule has 0 fully saturated rings. The minimum atomic E-state index is -0.548. The second kappa shape index (κ2) is 3.36. The monoisotopic (exact) mass is 183 g/mol. The molecule has 6 heteroatoms. The van der Waals surface area contributed by atoms with Gasteiger partial charge in [-0.2, -0.15) is 0 Å². The topological polar surface area (TPSA) is 91.2 Å². The molecular formula is C7H9N3O3. The summed E-state index contributed by atoms with van der Waals surface area (Å²) in [5, 5.41) is 10.3. The molecule has 0 aromatic carbocycles. The highest BCUT2D eigenvalue weighted by Crippen LogP contribution is 2.14. The molecule has 0 bridgehead atoms. The van der Waals surface area contributed by atoms with Crippen LogP contribution in [-0.2, 0) is 7.05 Å². The molecule has 13 heavy (non-hydrogen) atoms. The highest BCUT2D eigenvalue weighted by Gasteiger charge is 2.15. The molecule has 2 N–H and O–H groups in total. The number of Topliss-reactive ketones (excluding diaryl/α,β-unsaturated/α-hetero) is 1. The molecule has 0 aliphatic carbocycles. The van der Waals surface area contributed by atoms with E-state index in [1.807, 2.05) is 0 Å². The number of aromatic nitrogens is 1. The van der Waals surface area contributed by atoms with Crippen LogP contribution in [0.2, 0.25) is 0 Å². The van der Waals surface area contributed by atoms with Crippen molar-refractivity contribution in [3.8, 4) is 0 Å². The third-order valence-corrected chi connectivity index (χ3v) is 1.67. The van der Waals surface area contributed by atoms with Gasteiger partial charge < -0.3 is 10.3 Å². The first kappa shape index (κ1) is 9.40. The smallest absolute Gasteiger partial charge is 0.287 e. The maximum absolute atomic E-state index is 11.1. The highest BCUT2D eigenvalue weighted by molar-refractivity contribution is 5.96. The summed E-state index contributed by atoms with van der Waals surface area (Å²) in [5.74, 6) is -0.310. The summed E-state index contributed by atoms with van der Waals surface area (Å²) in [4.78, 5) is 20.9. The van der Waals surface area contributed by atoms with Gasteiger partial charge in [0.15, 0.2) is 5.78 Å². The quantitative estimate of drug-likeness (QED) is 0.408. The second-order valence-corrected chi connectivity index (χ2v) is 2.58. The van der Waals surface area contributed by atoms with Crippen molar-refractivity contribution in [2.45, 2.75) is 0 Å². The molecule has 0 atom stereocenters. The van der Waals surface area contributed by atoms with E-state index in [1.54, 1.807) is 7.05 Å². The van der Waals surface area contributed by atoms with Crippen LogP contribution in [0.3, 0.4) is 0 Å². The fourth-order valence-electron chi connectivity index (χ4n) is 1.03. The Balaban J connectivity index is 3.10.